The second-order valence-corrected chi connectivity index (χ2v) is 2.93. The molecule has 0 aliphatic carbocycles. The van der Waals surface area contributed by atoms with Crippen LogP contribution in [0.1, 0.15) is 12.8 Å². The van der Waals surface area contributed by atoms with E-state index in [-0.39, 0.29) is 12.6 Å². The van der Waals surface area contributed by atoms with E-state index in [0.29, 0.717) is 13.2 Å². The van der Waals surface area contributed by atoms with Crippen molar-refractivity contribution in [1.29, 1.82) is 0 Å². The van der Waals surface area contributed by atoms with Gasteiger partial charge in [0, 0.05) is 0 Å². The quantitative estimate of drug-likeness (QED) is 0.580. The van der Waals surface area contributed by atoms with Gasteiger partial charge in [-0.1, -0.05) is 0 Å². The molecule has 0 spiro atoms. The molecule has 0 saturated carbocycles. The Hall–Kier alpha value is -0.160. The third-order valence-corrected chi connectivity index (χ3v) is 1.97. The van der Waals surface area contributed by atoms with Gasteiger partial charge in [-0.3, -0.25) is 0 Å². The van der Waals surface area contributed by atoms with Crippen molar-refractivity contribution >= 4 is 0 Å². The van der Waals surface area contributed by atoms with Gasteiger partial charge in [0.2, 0.25) is 12.6 Å². The lowest BCUT2D eigenvalue weighted by molar-refractivity contribution is -0.242. The molecule has 0 aromatic rings. The number of hydrogen-bond acceptors (Lipinski definition) is 4. The SMILES string of the molecule is C1CCOC(C2OCCO2)OC1. The van der Waals surface area contributed by atoms with Crippen LogP contribution in [0.2, 0.25) is 0 Å². The molecule has 70 valence electrons. The first-order valence-electron chi connectivity index (χ1n) is 4.43. The minimum absolute atomic E-state index is 0.303. The highest BCUT2D eigenvalue weighted by molar-refractivity contribution is 4.59. The van der Waals surface area contributed by atoms with E-state index in [2.05, 4.69) is 0 Å². The van der Waals surface area contributed by atoms with Gasteiger partial charge in [0.25, 0.3) is 0 Å². The van der Waals surface area contributed by atoms with Crippen LogP contribution in [0, 0.1) is 0 Å². The molecular weight excluding hydrogens is 160 g/mol. The summed E-state index contributed by atoms with van der Waals surface area (Å²) in [5.74, 6) is 0. The maximum Gasteiger partial charge on any atom is 0.209 e. The van der Waals surface area contributed by atoms with E-state index in [1.165, 1.54) is 0 Å². The Morgan fingerprint density at radius 2 is 1.00 bits per heavy atom. The van der Waals surface area contributed by atoms with Crippen LogP contribution in [0.3, 0.4) is 0 Å². The Balaban J connectivity index is 1.83. The number of rotatable bonds is 1. The standard InChI is InChI=1S/C8H14O4/c1-2-4-10-7(9-3-1)8-11-5-6-12-8/h7-8H,1-6H2. The van der Waals surface area contributed by atoms with Crippen LogP contribution >= 0.6 is 0 Å². The van der Waals surface area contributed by atoms with E-state index in [4.69, 9.17) is 18.9 Å². The molecule has 0 aromatic carbocycles. The molecule has 2 aliphatic rings. The van der Waals surface area contributed by atoms with Gasteiger partial charge in [0.05, 0.1) is 26.4 Å². The van der Waals surface area contributed by atoms with Crippen molar-refractivity contribution in [3.05, 3.63) is 0 Å². The van der Waals surface area contributed by atoms with E-state index < -0.39 is 0 Å². The zero-order valence-electron chi connectivity index (χ0n) is 7.03. The molecule has 2 saturated heterocycles. The van der Waals surface area contributed by atoms with Crippen molar-refractivity contribution < 1.29 is 18.9 Å². The van der Waals surface area contributed by atoms with Gasteiger partial charge in [-0.25, -0.2) is 0 Å². The molecule has 0 unspecified atom stereocenters. The molecule has 4 nitrogen and oxygen atoms in total. The molecule has 0 radical (unpaired) electrons. The van der Waals surface area contributed by atoms with Crippen molar-refractivity contribution in [2.75, 3.05) is 26.4 Å². The van der Waals surface area contributed by atoms with Gasteiger partial charge >= 0.3 is 0 Å². The van der Waals surface area contributed by atoms with Crippen LogP contribution in [0.5, 0.6) is 0 Å². The molecule has 2 heterocycles. The van der Waals surface area contributed by atoms with Crippen molar-refractivity contribution in [3.8, 4) is 0 Å². The molecule has 0 bridgehead atoms. The Bertz CT molecular complexity index is 125. The summed E-state index contributed by atoms with van der Waals surface area (Å²) in [6, 6.07) is 0. The topological polar surface area (TPSA) is 36.9 Å². The highest BCUT2D eigenvalue weighted by Crippen LogP contribution is 2.16. The fraction of sp³-hybridized carbons (Fsp3) is 1.00. The summed E-state index contributed by atoms with van der Waals surface area (Å²) in [5.41, 5.74) is 0. The second kappa shape index (κ2) is 4.18. The minimum Gasteiger partial charge on any atom is -0.348 e. The van der Waals surface area contributed by atoms with E-state index >= 15 is 0 Å². The smallest absolute Gasteiger partial charge is 0.209 e. The van der Waals surface area contributed by atoms with Gasteiger partial charge in [0.1, 0.15) is 0 Å². The molecule has 12 heavy (non-hydrogen) atoms. The number of ether oxygens (including phenoxy) is 4. The summed E-state index contributed by atoms with van der Waals surface area (Å²) in [7, 11) is 0. The molecule has 0 aromatic heterocycles. The van der Waals surface area contributed by atoms with Crippen molar-refractivity contribution in [3.63, 3.8) is 0 Å². The van der Waals surface area contributed by atoms with E-state index in [9.17, 15) is 0 Å². The lowest BCUT2D eigenvalue weighted by Crippen LogP contribution is -2.31. The lowest BCUT2D eigenvalue weighted by Gasteiger charge is -2.19. The van der Waals surface area contributed by atoms with Crippen LogP contribution in [-0.4, -0.2) is 39.0 Å². The van der Waals surface area contributed by atoms with Crippen molar-refractivity contribution in [1.82, 2.24) is 0 Å². The molecule has 0 N–H and O–H groups in total. The Morgan fingerprint density at radius 3 is 1.50 bits per heavy atom. The van der Waals surface area contributed by atoms with Gasteiger partial charge in [-0.15, -0.1) is 0 Å². The summed E-state index contributed by atoms with van der Waals surface area (Å²) in [6.07, 6.45) is 1.50. The fourth-order valence-corrected chi connectivity index (χ4v) is 1.34. The highest BCUT2D eigenvalue weighted by atomic mass is 16.8. The van der Waals surface area contributed by atoms with Crippen LogP contribution in [-0.2, 0) is 18.9 Å². The maximum absolute atomic E-state index is 5.41. The predicted molar refractivity (Wildman–Crippen MR) is 40.6 cm³/mol. The van der Waals surface area contributed by atoms with Gasteiger partial charge in [-0.2, -0.15) is 0 Å². The largest absolute Gasteiger partial charge is 0.348 e. The van der Waals surface area contributed by atoms with Gasteiger partial charge in [-0.05, 0) is 12.8 Å². The van der Waals surface area contributed by atoms with E-state index in [1.807, 2.05) is 0 Å². The summed E-state index contributed by atoms with van der Waals surface area (Å²) < 4.78 is 21.4. The number of hydrogen-bond donors (Lipinski definition) is 0. The molecule has 2 aliphatic heterocycles. The molecule has 4 heteroatoms. The third kappa shape index (κ3) is 1.95. The summed E-state index contributed by atoms with van der Waals surface area (Å²) in [6.45, 7) is 2.78. The average Bonchev–Trinajstić information content (AvgIpc) is 2.48. The first-order chi connectivity index (χ1) is 5.97. The van der Waals surface area contributed by atoms with E-state index in [1.54, 1.807) is 0 Å². The zero-order valence-corrected chi connectivity index (χ0v) is 7.03. The van der Waals surface area contributed by atoms with Gasteiger partial charge < -0.3 is 18.9 Å². The van der Waals surface area contributed by atoms with Crippen LogP contribution < -0.4 is 0 Å². The highest BCUT2D eigenvalue weighted by Gasteiger charge is 2.29. The predicted octanol–water partition coefficient (Wildman–Crippen LogP) is 0.512. The molecular formula is C8H14O4. The summed E-state index contributed by atoms with van der Waals surface area (Å²) in [4.78, 5) is 0. The molecule has 0 amide bonds. The van der Waals surface area contributed by atoms with Crippen LogP contribution in [0.25, 0.3) is 0 Å². The van der Waals surface area contributed by atoms with Crippen molar-refractivity contribution in [2.45, 2.75) is 25.4 Å². The normalized spacial score (nSPS) is 29.0. The Kier molecular flexibility index (Phi) is 2.94. The van der Waals surface area contributed by atoms with E-state index in [0.717, 1.165) is 26.1 Å². The third-order valence-electron chi connectivity index (χ3n) is 1.97. The molecule has 2 rings (SSSR count). The summed E-state index contributed by atoms with van der Waals surface area (Å²) >= 11 is 0. The first kappa shape index (κ1) is 8.44. The van der Waals surface area contributed by atoms with Crippen LogP contribution in [0.15, 0.2) is 0 Å². The molecule has 0 atom stereocenters. The average molecular weight is 174 g/mol. The fourth-order valence-electron chi connectivity index (χ4n) is 1.34. The van der Waals surface area contributed by atoms with Crippen molar-refractivity contribution in [2.24, 2.45) is 0 Å². The molecule has 2 fully saturated rings. The Labute approximate surface area is 71.7 Å². The lowest BCUT2D eigenvalue weighted by atomic mass is 10.3. The first-order valence-corrected chi connectivity index (χ1v) is 4.43. The minimum atomic E-state index is -0.310. The second-order valence-electron chi connectivity index (χ2n) is 2.93. The Morgan fingerprint density at radius 1 is 0.583 bits per heavy atom. The maximum atomic E-state index is 5.41. The monoisotopic (exact) mass is 174 g/mol. The van der Waals surface area contributed by atoms with Gasteiger partial charge in [0.15, 0.2) is 0 Å². The summed E-state index contributed by atoms with van der Waals surface area (Å²) in [5, 5.41) is 0. The van der Waals surface area contributed by atoms with Crippen LogP contribution in [0.4, 0.5) is 0 Å². The zero-order chi connectivity index (χ0) is 8.23.